The number of primary amides is 1. The highest BCUT2D eigenvalue weighted by molar-refractivity contribution is 5.77. The first-order valence-electron chi connectivity index (χ1n) is 13.0. The molecule has 1 aliphatic heterocycles. The second kappa shape index (κ2) is 12.0. The number of amides is 3. The van der Waals surface area contributed by atoms with Gasteiger partial charge in [-0.25, -0.2) is 4.79 Å². The quantitative estimate of drug-likeness (QED) is 0.533. The third-order valence-electron chi connectivity index (χ3n) is 7.50. The van der Waals surface area contributed by atoms with E-state index in [2.05, 4.69) is 51.7 Å². The van der Waals surface area contributed by atoms with Crippen molar-refractivity contribution in [3.05, 3.63) is 59.7 Å². The second-order valence-electron chi connectivity index (χ2n) is 9.96. The van der Waals surface area contributed by atoms with E-state index >= 15 is 0 Å². The van der Waals surface area contributed by atoms with Crippen LogP contribution < -0.4 is 26.2 Å². The van der Waals surface area contributed by atoms with E-state index < -0.39 is 0 Å². The zero-order valence-corrected chi connectivity index (χ0v) is 20.8. The van der Waals surface area contributed by atoms with Gasteiger partial charge in [-0.3, -0.25) is 4.79 Å². The van der Waals surface area contributed by atoms with Crippen molar-refractivity contribution in [2.75, 3.05) is 29.9 Å². The van der Waals surface area contributed by atoms with Crippen LogP contribution in [0.5, 0.6) is 0 Å². The first-order chi connectivity index (χ1) is 17.0. The fourth-order valence-electron chi connectivity index (χ4n) is 5.22. The fourth-order valence-corrected chi connectivity index (χ4v) is 5.22. The molecule has 1 saturated carbocycles. The minimum atomic E-state index is -0.218. The smallest absolute Gasteiger partial charge is 0.315 e. The van der Waals surface area contributed by atoms with Crippen molar-refractivity contribution in [2.45, 2.75) is 64.1 Å². The zero-order valence-electron chi connectivity index (χ0n) is 20.8. The maximum atomic E-state index is 12.3. The number of piperidine rings is 1. The van der Waals surface area contributed by atoms with Crippen LogP contribution in [-0.4, -0.2) is 38.1 Å². The maximum Gasteiger partial charge on any atom is 0.315 e. The minimum Gasteiger partial charge on any atom is -0.372 e. The van der Waals surface area contributed by atoms with E-state index in [-0.39, 0.29) is 17.9 Å². The highest BCUT2D eigenvalue weighted by Gasteiger charge is 2.24. The number of benzene rings is 2. The third-order valence-corrected chi connectivity index (χ3v) is 7.50. The van der Waals surface area contributed by atoms with Gasteiger partial charge in [-0.05, 0) is 61.1 Å². The molecular weight excluding hydrogens is 438 g/mol. The van der Waals surface area contributed by atoms with Gasteiger partial charge in [-0.15, -0.1) is 0 Å². The van der Waals surface area contributed by atoms with Crippen LogP contribution in [0, 0.1) is 5.92 Å². The molecule has 2 fully saturated rings. The van der Waals surface area contributed by atoms with E-state index in [1.165, 1.54) is 37.8 Å². The Labute approximate surface area is 209 Å². The van der Waals surface area contributed by atoms with Crippen LogP contribution in [-0.2, 0) is 17.9 Å². The lowest BCUT2D eigenvalue weighted by Crippen LogP contribution is -2.41. The van der Waals surface area contributed by atoms with E-state index in [1.807, 2.05) is 24.3 Å². The van der Waals surface area contributed by atoms with E-state index in [1.54, 1.807) is 0 Å². The van der Waals surface area contributed by atoms with Gasteiger partial charge in [-0.1, -0.05) is 43.5 Å². The number of urea groups is 1. The van der Waals surface area contributed by atoms with Crippen molar-refractivity contribution in [1.29, 1.82) is 0 Å². The summed E-state index contributed by atoms with van der Waals surface area (Å²) in [5, 5.41) is 5.87. The predicted octanol–water partition coefficient (Wildman–Crippen LogP) is 4.16. The molecule has 7 heteroatoms. The summed E-state index contributed by atoms with van der Waals surface area (Å²) in [6, 6.07) is 17.1. The van der Waals surface area contributed by atoms with E-state index in [4.69, 9.17) is 5.73 Å². The molecule has 0 spiro atoms. The average molecular weight is 478 g/mol. The van der Waals surface area contributed by atoms with Crippen LogP contribution in [0.15, 0.2) is 48.5 Å². The Morgan fingerprint density at radius 3 is 2.09 bits per heavy atom. The van der Waals surface area contributed by atoms with Gasteiger partial charge in [0, 0.05) is 50.6 Å². The fraction of sp³-hybridized carbons (Fsp3) is 0.500. The monoisotopic (exact) mass is 477 g/mol. The zero-order chi connectivity index (χ0) is 24.6. The molecule has 2 aliphatic rings. The van der Waals surface area contributed by atoms with Crippen molar-refractivity contribution in [3.8, 4) is 0 Å². The third kappa shape index (κ3) is 6.90. The molecule has 4 N–H and O–H groups in total. The van der Waals surface area contributed by atoms with Gasteiger partial charge in [0.2, 0.25) is 5.91 Å². The van der Waals surface area contributed by atoms with Gasteiger partial charge in [0.25, 0.3) is 0 Å². The number of nitrogens with two attached hydrogens (primary N) is 1. The number of hydrogen-bond acceptors (Lipinski definition) is 4. The normalized spacial score (nSPS) is 18.7. The van der Waals surface area contributed by atoms with Crippen molar-refractivity contribution >= 4 is 23.3 Å². The molecule has 0 unspecified atom stereocenters. The summed E-state index contributed by atoms with van der Waals surface area (Å²) in [5.41, 5.74) is 9.93. The van der Waals surface area contributed by atoms with Crippen molar-refractivity contribution in [3.63, 3.8) is 0 Å². The summed E-state index contributed by atoms with van der Waals surface area (Å²) in [6.07, 6.45) is 8.40. The first-order valence-corrected chi connectivity index (χ1v) is 13.0. The number of carbonyl (C=O) groups excluding carboxylic acids is 2. The van der Waals surface area contributed by atoms with Crippen LogP contribution in [0.4, 0.5) is 16.2 Å². The molecule has 188 valence electrons. The lowest BCUT2D eigenvalue weighted by molar-refractivity contribution is -0.122. The molecular formula is C28H39N5O2. The molecule has 2 aromatic rings. The van der Waals surface area contributed by atoms with Crippen LogP contribution in [0.3, 0.4) is 0 Å². The van der Waals surface area contributed by atoms with Gasteiger partial charge < -0.3 is 26.2 Å². The van der Waals surface area contributed by atoms with Gasteiger partial charge in [0.15, 0.2) is 0 Å². The summed E-state index contributed by atoms with van der Waals surface area (Å²) >= 11 is 0. The highest BCUT2D eigenvalue weighted by atomic mass is 16.2. The van der Waals surface area contributed by atoms with Crippen LogP contribution in [0.25, 0.3) is 0 Å². The summed E-state index contributed by atoms with van der Waals surface area (Å²) < 4.78 is 0. The Morgan fingerprint density at radius 2 is 1.49 bits per heavy atom. The van der Waals surface area contributed by atoms with Gasteiger partial charge in [0.05, 0.1) is 5.92 Å². The van der Waals surface area contributed by atoms with Crippen LogP contribution in [0.2, 0.25) is 0 Å². The van der Waals surface area contributed by atoms with E-state index in [0.717, 1.165) is 36.2 Å². The number of nitrogens with one attached hydrogen (secondary N) is 2. The molecule has 7 nitrogen and oxygen atoms in total. The van der Waals surface area contributed by atoms with E-state index in [0.29, 0.717) is 25.7 Å². The molecule has 0 bridgehead atoms. The minimum absolute atomic E-state index is 0.0807. The summed E-state index contributed by atoms with van der Waals surface area (Å²) in [4.78, 5) is 28.4. The van der Waals surface area contributed by atoms with Crippen molar-refractivity contribution in [1.82, 2.24) is 10.6 Å². The predicted molar refractivity (Wildman–Crippen MR) is 141 cm³/mol. The molecule has 4 rings (SSSR count). The highest BCUT2D eigenvalue weighted by Crippen LogP contribution is 2.26. The molecule has 1 saturated heterocycles. The molecule has 2 aromatic carbocycles. The molecule has 3 amide bonds. The standard InChI is InChI=1S/C28H39N5O2/c1-32(24-7-3-2-4-8-24)25-13-9-21(10-14-25)18-30-28(35)31-19-22-11-15-26(16-12-22)33-17-5-6-23(20-33)27(29)34/h9-16,23-24H,2-8,17-20H2,1H3,(H2,29,34)(H2,30,31,35)/t23-/m0/s1. The Hall–Kier alpha value is -3.22. The number of carbonyl (C=O) groups is 2. The van der Waals surface area contributed by atoms with Gasteiger partial charge in [0.1, 0.15) is 0 Å². The topological polar surface area (TPSA) is 90.7 Å². The lowest BCUT2D eigenvalue weighted by Gasteiger charge is -2.33. The molecule has 35 heavy (non-hydrogen) atoms. The Balaban J connectivity index is 1.20. The molecule has 1 aliphatic carbocycles. The van der Waals surface area contributed by atoms with Crippen molar-refractivity contribution < 1.29 is 9.59 Å². The number of nitrogens with zero attached hydrogens (tertiary/aromatic N) is 2. The van der Waals surface area contributed by atoms with E-state index in [9.17, 15) is 9.59 Å². The molecule has 1 heterocycles. The van der Waals surface area contributed by atoms with Crippen molar-refractivity contribution in [2.24, 2.45) is 11.7 Å². The summed E-state index contributed by atoms with van der Waals surface area (Å²) in [6.45, 7) is 2.56. The van der Waals surface area contributed by atoms with Crippen LogP contribution in [0.1, 0.15) is 56.1 Å². The Morgan fingerprint density at radius 1 is 0.886 bits per heavy atom. The second-order valence-corrected chi connectivity index (χ2v) is 9.96. The SMILES string of the molecule is CN(c1ccc(CNC(=O)NCc2ccc(N3CCC[C@H](C(N)=O)C3)cc2)cc1)C1CCCCC1. The maximum absolute atomic E-state index is 12.3. The first kappa shape index (κ1) is 24.9. The molecule has 1 atom stereocenters. The summed E-state index contributed by atoms with van der Waals surface area (Å²) in [7, 11) is 2.19. The summed E-state index contributed by atoms with van der Waals surface area (Å²) in [5.74, 6) is -0.299. The number of anilines is 2. The average Bonchev–Trinajstić information content (AvgIpc) is 2.91. The Kier molecular flexibility index (Phi) is 8.50. The van der Waals surface area contributed by atoms with Gasteiger partial charge >= 0.3 is 6.03 Å². The number of hydrogen-bond donors (Lipinski definition) is 3. The largest absolute Gasteiger partial charge is 0.372 e. The van der Waals surface area contributed by atoms with Crippen LogP contribution >= 0.6 is 0 Å². The Bertz CT molecular complexity index is 970. The molecule has 0 aromatic heterocycles. The lowest BCUT2D eigenvalue weighted by atomic mass is 9.94. The number of rotatable bonds is 8. The van der Waals surface area contributed by atoms with Gasteiger partial charge in [-0.2, -0.15) is 0 Å². The molecule has 0 radical (unpaired) electrons.